The summed E-state index contributed by atoms with van der Waals surface area (Å²) < 4.78 is 0. The number of nitrogens with zero attached hydrogens (tertiary/aromatic N) is 1. The third-order valence-corrected chi connectivity index (χ3v) is 5.65. The zero-order chi connectivity index (χ0) is 21.2. The minimum atomic E-state index is -1.37. The van der Waals surface area contributed by atoms with Gasteiger partial charge in [-0.25, -0.2) is 0 Å². The predicted octanol–water partition coefficient (Wildman–Crippen LogP) is 1.13. The quantitative estimate of drug-likeness (QED) is 0.757. The molecule has 1 saturated heterocycles. The van der Waals surface area contributed by atoms with Crippen LogP contribution >= 0.6 is 11.8 Å². The highest BCUT2D eigenvalue weighted by molar-refractivity contribution is 7.99. The molecule has 0 unspecified atom stereocenters. The smallest absolute Gasteiger partial charge is 0.0508 e. The number of aryl methyl sites for hydroxylation is 2. The Morgan fingerprint density at radius 1 is 0.966 bits per heavy atom. The van der Waals surface area contributed by atoms with E-state index in [1.807, 2.05) is 11.8 Å². The topological polar surface area (TPSA) is 95.5 Å². The number of hydrogen-bond donors (Lipinski definition) is 1. The summed E-state index contributed by atoms with van der Waals surface area (Å²) in [5, 5.41) is 22.4. The monoisotopic (exact) mass is 414 g/mol. The SMILES string of the molecule is Cc1ccc(Sc2ccccc2N2CCNCC2)c(C)c1.O=C([O-])CCC(=O)[O-]. The van der Waals surface area contributed by atoms with Gasteiger partial charge >= 0.3 is 0 Å². The number of para-hydroxylation sites is 1. The number of benzene rings is 2. The molecule has 1 fully saturated rings. The van der Waals surface area contributed by atoms with Crippen LogP contribution in [-0.2, 0) is 9.59 Å². The van der Waals surface area contributed by atoms with Crippen molar-refractivity contribution in [2.24, 2.45) is 0 Å². The van der Waals surface area contributed by atoms with Crippen molar-refractivity contribution in [3.63, 3.8) is 0 Å². The maximum Gasteiger partial charge on any atom is 0.0508 e. The first-order valence-electron chi connectivity index (χ1n) is 9.56. The van der Waals surface area contributed by atoms with Gasteiger partial charge in [0.05, 0.1) is 5.69 Å². The van der Waals surface area contributed by atoms with Crippen molar-refractivity contribution in [1.82, 2.24) is 5.32 Å². The van der Waals surface area contributed by atoms with Gasteiger partial charge in [0.25, 0.3) is 0 Å². The molecular weight excluding hydrogens is 388 g/mol. The van der Waals surface area contributed by atoms with Gasteiger partial charge in [0.2, 0.25) is 0 Å². The van der Waals surface area contributed by atoms with Crippen LogP contribution < -0.4 is 20.4 Å². The molecule has 0 radical (unpaired) electrons. The van der Waals surface area contributed by atoms with Crippen molar-refractivity contribution in [2.75, 3.05) is 31.1 Å². The Hall–Kier alpha value is -2.51. The van der Waals surface area contributed by atoms with E-state index in [0.717, 1.165) is 26.2 Å². The maximum absolute atomic E-state index is 9.50. The molecule has 0 aromatic heterocycles. The average molecular weight is 415 g/mol. The lowest BCUT2D eigenvalue weighted by Crippen LogP contribution is -2.43. The van der Waals surface area contributed by atoms with Gasteiger partial charge in [-0.15, -0.1) is 0 Å². The zero-order valence-electron chi connectivity index (χ0n) is 16.8. The number of hydrogen-bond acceptors (Lipinski definition) is 7. The Bertz CT molecular complexity index is 821. The molecule has 0 atom stereocenters. The van der Waals surface area contributed by atoms with E-state index in [-0.39, 0.29) is 0 Å². The van der Waals surface area contributed by atoms with Gasteiger partial charge in [-0.05, 0) is 50.5 Å². The summed E-state index contributed by atoms with van der Waals surface area (Å²) in [5.74, 6) is -2.73. The summed E-state index contributed by atoms with van der Waals surface area (Å²) in [6, 6.07) is 15.5. The van der Waals surface area contributed by atoms with Crippen LogP contribution in [0.1, 0.15) is 24.0 Å². The van der Waals surface area contributed by atoms with Crippen LogP contribution in [0, 0.1) is 13.8 Å². The maximum atomic E-state index is 9.50. The van der Waals surface area contributed by atoms with Crippen molar-refractivity contribution >= 4 is 29.4 Å². The lowest BCUT2D eigenvalue weighted by atomic mass is 10.2. The van der Waals surface area contributed by atoms with Gasteiger partial charge in [-0.2, -0.15) is 0 Å². The van der Waals surface area contributed by atoms with E-state index < -0.39 is 24.8 Å². The third-order valence-electron chi connectivity index (χ3n) is 4.41. The van der Waals surface area contributed by atoms with Crippen LogP contribution in [0.4, 0.5) is 5.69 Å². The van der Waals surface area contributed by atoms with Crippen LogP contribution in [0.25, 0.3) is 0 Å². The highest BCUT2D eigenvalue weighted by Gasteiger charge is 2.14. The molecule has 2 aromatic rings. The minimum Gasteiger partial charge on any atom is -0.550 e. The molecular formula is C22H26N2O4S-2. The first-order chi connectivity index (χ1) is 13.9. The molecule has 0 saturated carbocycles. The number of aliphatic carboxylic acids is 2. The molecule has 0 spiro atoms. The molecule has 0 aliphatic carbocycles. The minimum absolute atomic E-state index is 0.470. The summed E-state index contributed by atoms with van der Waals surface area (Å²) in [6.07, 6.45) is -0.940. The first kappa shape index (κ1) is 22.8. The van der Waals surface area contributed by atoms with Crippen LogP contribution in [0.3, 0.4) is 0 Å². The first-order valence-corrected chi connectivity index (χ1v) is 10.4. The number of carboxylic acids is 2. The van der Waals surface area contributed by atoms with Crippen molar-refractivity contribution < 1.29 is 19.8 Å². The van der Waals surface area contributed by atoms with Crippen LogP contribution in [0.5, 0.6) is 0 Å². The van der Waals surface area contributed by atoms with Gasteiger partial charge in [0, 0.05) is 47.9 Å². The second kappa shape index (κ2) is 11.5. The standard InChI is InChI=1S/C18H22N2S.C4H6O4/c1-14-7-8-17(15(2)13-14)21-18-6-4-3-5-16(18)20-11-9-19-10-12-20;5-3(6)1-2-4(7)8/h3-8,13,19H,9-12H2,1-2H3;1-2H2,(H,5,6)(H,7,8)/p-2. The molecule has 1 aliphatic rings. The Balaban J connectivity index is 0.000000321. The summed E-state index contributed by atoms with van der Waals surface area (Å²) >= 11 is 1.88. The second-order valence-electron chi connectivity index (χ2n) is 6.82. The summed E-state index contributed by atoms with van der Waals surface area (Å²) in [7, 11) is 0. The molecule has 156 valence electrons. The largest absolute Gasteiger partial charge is 0.550 e. The van der Waals surface area contributed by atoms with E-state index in [2.05, 4.69) is 66.5 Å². The fraction of sp³-hybridized carbons (Fsp3) is 0.364. The van der Waals surface area contributed by atoms with Crippen LogP contribution in [-0.4, -0.2) is 38.1 Å². The van der Waals surface area contributed by atoms with Crippen LogP contribution in [0.2, 0.25) is 0 Å². The third kappa shape index (κ3) is 7.79. The van der Waals surface area contributed by atoms with Gasteiger partial charge in [0.15, 0.2) is 0 Å². The Kier molecular flexibility index (Phi) is 9.02. The fourth-order valence-electron chi connectivity index (χ4n) is 2.95. The Labute approximate surface area is 175 Å². The number of carbonyl (C=O) groups is 2. The normalized spacial score (nSPS) is 13.4. The number of piperazine rings is 1. The van der Waals surface area contributed by atoms with Crippen molar-refractivity contribution in [3.05, 3.63) is 53.6 Å². The highest BCUT2D eigenvalue weighted by atomic mass is 32.2. The number of nitrogens with one attached hydrogen (secondary N) is 1. The van der Waals surface area contributed by atoms with E-state index in [0.29, 0.717) is 0 Å². The van der Waals surface area contributed by atoms with Crippen LogP contribution in [0.15, 0.2) is 52.3 Å². The number of rotatable bonds is 6. The van der Waals surface area contributed by atoms with Gasteiger partial charge in [-0.1, -0.05) is 41.6 Å². The molecule has 0 bridgehead atoms. The molecule has 3 rings (SSSR count). The summed E-state index contributed by atoms with van der Waals surface area (Å²) in [6.45, 7) is 8.67. The molecule has 1 aliphatic heterocycles. The average Bonchev–Trinajstić information content (AvgIpc) is 2.70. The van der Waals surface area contributed by atoms with Crippen molar-refractivity contribution in [2.45, 2.75) is 36.5 Å². The van der Waals surface area contributed by atoms with Crippen molar-refractivity contribution in [3.8, 4) is 0 Å². The lowest BCUT2D eigenvalue weighted by Gasteiger charge is -2.31. The van der Waals surface area contributed by atoms with E-state index in [9.17, 15) is 19.8 Å². The fourth-order valence-corrected chi connectivity index (χ4v) is 3.99. The van der Waals surface area contributed by atoms with Gasteiger partial charge < -0.3 is 30.0 Å². The number of anilines is 1. The molecule has 1 N–H and O–H groups in total. The molecule has 6 nitrogen and oxygen atoms in total. The lowest BCUT2D eigenvalue weighted by molar-refractivity contribution is -0.315. The summed E-state index contributed by atoms with van der Waals surface area (Å²) in [4.78, 5) is 24.2. The molecule has 2 aromatic carbocycles. The Morgan fingerprint density at radius 3 is 2.17 bits per heavy atom. The van der Waals surface area contributed by atoms with Gasteiger partial charge in [-0.3, -0.25) is 0 Å². The second-order valence-corrected chi connectivity index (χ2v) is 7.90. The summed E-state index contributed by atoms with van der Waals surface area (Å²) in [5.41, 5.74) is 4.05. The van der Waals surface area contributed by atoms with Crippen molar-refractivity contribution in [1.29, 1.82) is 0 Å². The van der Waals surface area contributed by atoms with E-state index in [1.54, 1.807) is 0 Å². The molecule has 29 heavy (non-hydrogen) atoms. The molecule has 1 heterocycles. The predicted molar refractivity (Wildman–Crippen MR) is 111 cm³/mol. The van der Waals surface area contributed by atoms with Gasteiger partial charge in [0.1, 0.15) is 0 Å². The Morgan fingerprint density at radius 2 is 1.59 bits per heavy atom. The number of carboxylic acid groups (broad SMARTS) is 2. The van der Waals surface area contributed by atoms with E-state index in [4.69, 9.17) is 0 Å². The highest BCUT2D eigenvalue weighted by Crippen LogP contribution is 2.37. The molecule has 0 amide bonds. The zero-order valence-corrected chi connectivity index (χ0v) is 17.6. The molecule has 7 heteroatoms. The van der Waals surface area contributed by atoms with E-state index >= 15 is 0 Å². The van der Waals surface area contributed by atoms with E-state index in [1.165, 1.54) is 26.6 Å². The number of carbonyl (C=O) groups excluding carboxylic acids is 2.